The Kier molecular flexibility index (Phi) is 3.40. The maximum Gasteiger partial charge on any atom is 0.322 e. The van der Waals surface area contributed by atoms with E-state index in [-0.39, 0.29) is 0 Å². The normalized spacial score (nSPS) is 25.5. The van der Waals surface area contributed by atoms with Gasteiger partial charge in [0.15, 0.2) is 0 Å². The molecule has 2 atom stereocenters. The minimum absolute atomic E-state index is 0.387. The fraction of sp³-hybridized carbons (Fsp3) is 0.769. The summed E-state index contributed by atoms with van der Waals surface area (Å²) in [7, 11) is 1.59. The van der Waals surface area contributed by atoms with Crippen molar-refractivity contribution in [1.82, 2.24) is 15.0 Å². The number of methoxy groups -OCH3 is 1. The number of rotatable bonds is 4. The quantitative estimate of drug-likeness (QED) is 0.889. The van der Waals surface area contributed by atoms with Crippen molar-refractivity contribution >= 4 is 11.9 Å². The van der Waals surface area contributed by atoms with Gasteiger partial charge < -0.3 is 15.0 Å². The zero-order valence-electron chi connectivity index (χ0n) is 11.6. The highest BCUT2D eigenvalue weighted by molar-refractivity contribution is 5.39. The van der Waals surface area contributed by atoms with Gasteiger partial charge in [-0.15, -0.1) is 0 Å². The molecule has 0 bridgehead atoms. The molecule has 1 saturated heterocycles. The molecule has 1 aliphatic carbocycles. The number of anilines is 2. The predicted molar refractivity (Wildman–Crippen MR) is 73.6 cm³/mol. The molecule has 2 heterocycles. The van der Waals surface area contributed by atoms with E-state index >= 15 is 0 Å². The summed E-state index contributed by atoms with van der Waals surface area (Å²) in [5.41, 5.74) is 0. The number of aromatic nitrogens is 3. The number of fused-ring (bicyclic) bond motifs is 1. The van der Waals surface area contributed by atoms with E-state index in [4.69, 9.17) is 4.74 Å². The van der Waals surface area contributed by atoms with Gasteiger partial charge >= 0.3 is 6.01 Å². The van der Waals surface area contributed by atoms with Crippen LogP contribution in [0.25, 0.3) is 0 Å². The third kappa shape index (κ3) is 2.43. The van der Waals surface area contributed by atoms with Crippen LogP contribution in [0.4, 0.5) is 11.9 Å². The zero-order chi connectivity index (χ0) is 13.2. The van der Waals surface area contributed by atoms with Gasteiger partial charge in [0, 0.05) is 19.6 Å². The standard InChI is InChI=1S/C13H21N5O/c1-3-14-11-15-12(17-13(16-11)19-2)18-7-9-5-4-6-10(9)8-18/h9-10H,3-8H2,1-2H3,(H,14,15,16,17). The number of nitrogens with zero attached hydrogens (tertiary/aromatic N) is 4. The highest BCUT2D eigenvalue weighted by Gasteiger charge is 2.37. The summed E-state index contributed by atoms with van der Waals surface area (Å²) in [6, 6.07) is 0.387. The lowest BCUT2D eigenvalue weighted by Crippen LogP contribution is -2.24. The van der Waals surface area contributed by atoms with Gasteiger partial charge in [-0.3, -0.25) is 0 Å². The van der Waals surface area contributed by atoms with Crippen molar-refractivity contribution < 1.29 is 4.74 Å². The molecule has 2 unspecified atom stereocenters. The predicted octanol–water partition coefficient (Wildman–Crippen LogP) is 1.55. The minimum atomic E-state index is 0.387. The average molecular weight is 263 g/mol. The zero-order valence-corrected chi connectivity index (χ0v) is 11.6. The highest BCUT2D eigenvalue weighted by atomic mass is 16.5. The van der Waals surface area contributed by atoms with Crippen molar-refractivity contribution in [3.05, 3.63) is 0 Å². The van der Waals surface area contributed by atoms with E-state index < -0.39 is 0 Å². The molecule has 6 nitrogen and oxygen atoms in total. The van der Waals surface area contributed by atoms with E-state index in [1.165, 1.54) is 19.3 Å². The molecule has 0 radical (unpaired) electrons. The molecule has 0 aromatic carbocycles. The van der Waals surface area contributed by atoms with Crippen LogP contribution in [0.3, 0.4) is 0 Å². The lowest BCUT2D eigenvalue weighted by Gasteiger charge is -2.18. The number of ether oxygens (including phenoxy) is 1. The summed E-state index contributed by atoms with van der Waals surface area (Å²) < 4.78 is 5.17. The topological polar surface area (TPSA) is 63.2 Å². The Morgan fingerprint density at radius 1 is 1.21 bits per heavy atom. The van der Waals surface area contributed by atoms with Gasteiger partial charge in [-0.05, 0) is 31.6 Å². The summed E-state index contributed by atoms with van der Waals surface area (Å²) in [6.07, 6.45) is 4.08. The van der Waals surface area contributed by atoms with E-state index in [2.05, 4.69) is 25.2 Å². The lowest BCUT2D eigenvalue weighted by atomic mass is 10.0. The molecular weight excluding hydrogens is 242 g/mol. The first-order valence-electron chi connectivity index (χ1n) is 7.09. The number of hydrogen-bond donors (Lipinski definition) is 1. The van der Waals surface area contributed by atoms with Crippen LogP contribution in [0.5, 0.6) is 6.01 Å². The molecule has 3 rings (SSSR count). The first-order valence-corrected chi connectivity index (χ1v) is 7.09. The van der Waals surface area contributed by atoms with Gasteiger partial charge in [0.1, 0.15) is 0 Å². The SMILES string of the molecule is CCNc1nc(OC)nc(N2CC3CCCC3C2)n1. The van der Waals surface area contributed by atoms with Crippen molar-refractivity contribution in [2.75, 3.05) is 37.0 Å². The van der Waals surface area contributed by atoms with Crippen LogP contribution in [-0.4, -0.2) is 41.7 Å². The van der Waals surface area contributed by atoms with Crippen LogP contribution in [-0.2, 0) is 0 Å². The average Bonchev–Trinajstić information content (AvgIpc) is 2.99. The Morgan fingerprint density at radius 2 is 1.95 bits per heavy atom. The Labute approximate surface area is 113 Å². The molecule has 2 aliphatic rings. The molecule has 0 amide bonds. The minimum Gasteiger partial charge on any atom is -0.467 e. The molecular formula is C13H21N5O. The smallest absolute Gasteiger partial charge is 0.322 e. The summed E-state index contributed by atoms with van der Waals surface area (Å²) in [5.74, 6) is 2.99. The summed E-state index contributed by atoms with van der Waals surface area (Å²) in [4.78, 5) is 15.4. The van der Waals surface area contributed by atoms with Gasteiger partial charge in [-0.25, -0.2) is 0 Å². The van der Waals surface area contributed by atoms with Crippen molar-refractivity contribution in [3.63, 3.8) is 0 Å². The van der Waals surface area contributed by atoms with Crippen LogP contribution in [0.2, 0.25) is 0 Å². The third-order valence-corrected chi connectivity index (χ3v) is 4.13. The van der Waals surface area contributed by atoms with Crippen LogP contribution in [0.1, 0.15) is 26.2 Å². The lowest BCUT2D eigenvalue weighted by molar-refractivity contribution is 0.378. The summed E-state index contributed by atoms with van der Waals surface area (Å²) in [6.45, 7) is 4.96. The first kappa shape index (κ1) is 12.4. The Bertz CT molecular complexity index is 441. The Morgan fingerprint density at radius 3 is 2.58 bits per heavy atom. The highest BCUT2D eigenvalue weighted by Crippen LogP contribution is 2.38. The van der Waals surface area contributed by atoms with Gasteiger partial charge in [-0.1, -0.05) is 6.42 Å². The van der Waals surface area contributed by atoms with Crippen LogP contribution in [0.15, 0.2) is 0 Å². The molecule has 6 heteroatoms. The first-order chi connectivity index (χ1) is 9.30. The molecule has 1 saturated carbocycles. The Hall–Kier alpha value is -1.59. The largest absolute Gasteiger partial charge is 0.467 e. The monoisotopic (exact) mass is 263 g/mol. The number of nitrogens with one attached hydrogen (secondary N) is 1. The van der Waals surface area contributed by atoms with Crippen molar-refractivity contribution in [2.24, 2.45) is 11.8 Å². The molecule has 1 aromatic rings. The van der Waals surface area contributed by atoms with E-state index in [1.807, 2.05) is 6.92 Å². The van der Waals surface area contributed by atoms with Crippen LogP contribution in [0, 0.1) is 11.8 Å². The second kappa shape index (κ2) is 5.19. The molecule has 1 aromatic heterocycles. The van der Waals surface area contributed by atoms with Gasteiger partial charge in [-0.2, -0.15) is 15.0 Å². The van der Waals surface area contributed by atoms with E-state index in [0.717, 1.165) is 37.4 Å². The van der Waals surface area contributed by atoms with E-state index in [0.29, 0.717) is 12.0 Å². The van der Waals surface area contributed by atoms with Crippen molar-refractivity contribution in [1.29, 1.82) is 0 Å². The second-order valence-corrected chi connectivity index (χ2v) is 5.33. The molecule has 19 heavy (non-hydrogen) atoms. The third-order valence-electron chi connectivity index (χ3n) is 4.13. The second-order valence-electron chi connectivity index (χ2n) is 5.33. The van der Waals surface area contributed by atoms with Gasteiger partial charge in [0.25, 0.3) is 0 Å². The summed E-state index contributed by atoms with van der Waals surface area (Å²) >= 11 is 0. The maximum atomic E-state index is 5.17. The Balaban J connectivity index is 1.81. The molecule has 1 N–H and O–H groups in total. The fourth-order valence-corrected chi connectivity index (χ4v) is 3.21. The molecule has 2 fully saturated rings. The fourth-order valence-electron chi connectivity index (χ4n) is 3.21. The maximum absolute atomic E-state index is 5.17. The molecule has 1 aliphatic heterocycles. The van der Waals surface area contributed by atoms with Gasteiger partial charge in [0.2, 0.25) is 11.9 Å². The molecule has 0 spiro atoms. The number of hydrogen-bond acceptors (Lipinski definition) is 6. The van der Waals surface area contributed by atoms with Crippen molar-refractivity contribution in [3.8, 4) is 6.01 Å². The van der Waals surface area contributed by atoms with Crippen LogP contribution >= 0.6 is 0 Å². The van der Waals surface area contributed by atoms with Gasteiger partial charge in [0.05, 0.1) is 7.11 Å². The van der Waals surface area contributed by atoms with Crippen LogP contribution < -0.4 is 15.0 Å². The summed E-state index contributed by atoms with van der Waals surface area (Å²) in [5, 5.41) is 3.13. The van der Waals surface area contributed by atoms with E-state index in [1.54, 1.807) is 7.11 Å². The van der Waals surface area contributed by atoms with Crippen molar-refractivity contribution in [2.45, 2.75) is 26.2 Å². The van der Waals surface area contributed by atoms with E-state index in [9.17, 15) is 0 Å². The molecule has 104 valence electrons.